The molecule has 49 heavy (non-hydrogen) atoms. The molecule has 5 heterocycles. The van der Waals surface area contributed by atoms with E-state index in [9.17, 15) is 10.1 Å². The quantitative estimate of drug-likeness (QED) is 0.273. The number of ether oxygens (including phenoxy) is 2. The number of likely N-dealkylation sites (N-methyl/N-ethyl adjacent to an activating group) is 1. The van der Waals surface area contributed by atoms with Crippen molar-refractivity contribution >= 4 is 11.6 Å². The molecule has 2 saturated heterocycles. The largest absolute Gasteiger partial charge is 0.473 e. The molecule has 3 unspecified atom stereocenters. The Morgan fingerprint density at radius 2 is 2.00 bits per heavy atom. The Kier molecular flexibility index (Phi) is 7.68. The minimum Gasteiger partial charge on any atom is -0.473 e. The van der Waals surface area contributed by atoms with Crippen molar-refractivity contribution < 1.29 is 18.8 Å². The van der Waals surface area contributed by atoms with Crippen LogP contribution < -0.4 is 15.8 Å². The summed E-state index contributed by atoms with van der Waals surface area (Å²) in [6.45, 7) is 5.96. The second kappa shape index (κ2) is 12.0. The Morgan fingerprint density at radius 1 is 1.18 bits per heavy atom. The number of carbonyl (C=O) groups excluding carboxylic acids is 1. The molecule has 1 aromatic carbocycles. The molecule has 1 spiro atoms. The first-order valence-electron chi connectivity index (χ1n) is 17.2. The monoisotopic (exact) mass is 663 g/mol. The molecule has 1 amide bonds. The van der Waals surface area contributed by atoms with Gasteiger partial charge in [-0.2, -0.15) is 15.3 Å². The summed E-state index contributed by atoms with van der Waals surface area (Å²) < 4.78 is 19.6. The highest BCUT2D eigenvalue weighted by Crippen LogP contribution is 2.53. The molecule has 3 aromatic heterocycles. The minimum atomic E-state index is -0.502. The molecular weight excluding hydrogens is 622 g/mol. The van der Waals surface area contributed by atoms with Crippen molar-refractivity contribution in [2.75, 3.05) is 32.5 Å². The highest BCUT2D eigenvalue weighted by atomic mass is 16.5. The van der Waals surface area contributed by atoms with Crippen LogP contribution in [-0.4, -0.2) is 80.2 Å². The lowest BCUT2D eigenvalue weighted by atomic mass is 9.61. The van der Waals surface area contributed by atoms with Crippen LogP contribution in [0.3, 0.4) is 0 Å². The van der Waals surface area contributed by atoms with E-state index in [4.69, 9.17) is 29.7 Å². The van der Waals surface area contributed by atoms with Crippen molar-refractivity contribution in [1.82, 2.24) is 35.1 Å². The molecule has 4 aromatic rings. The maximum Gasteiger partial charge on any atom is 0.272 e. The van der Waals surface area contributed by atoms with Gasteiger partial charge in [0.05, 0.1) is 29.7 Å². The third-order valence-corrected chi connectivity index (χ3v) is 10.9. The van der Waals surface area contributed by atoms with Gasteiger partial charge in [0.25, 0.3) is 5.91 Å². The fourth-order valence-electron chi connectivity index (χ4n) is 8.38. The molecule has 3 atom stereocenters. The van der Waals surface area contributed by atoms with Gasteiger partial charge in [0.1, 0.15) is 12.2 Å². The number of anilines is 1. The number of aromatic nitrogens is 5. The van der Waals surface area contributed by atoms with E-state index in [1.807, 2.05) is 13.0 Å². The molecule has 0 saturated carbocycles. The van der Waals surface area contributed by atoms with E-state index in [2.05, 4.69) is 46.6 Å². The van der Waals surface area contributed by atoms with Gasteiger partial charge in [-0.25, -0.2) is 9.67 Å². The molecule has 2 aliphatic carbocycles. The van der Waals surface area contributed by atoms with E-state index in [1.54, 1.807) is 23.0 Å². The maximum atomic E-state index is 13.0. The van der Waals surface area contributed by atoms with Gasteiger partial charge >= 0.3 is 0 Å². The predicted octanol–water partition coefficient (Wildman–Crippen LogP) is 4.11. The molecule has 4 aliphatic rings. The fraction of sp³-hybridized carbons (Fsp3) is 0.500. The first-order chi connectivity index (χ1) is 23.7. The summed E-state index contributed by atoms with van der Waals surface area (Å²) in [5, 5.41) is 22.4. The van der Waals surface area contributed by atoms with E-state index in [1.165, 1.54) is 0 Å². The van der Waals surface area contributed by atoms with Crippen LogP contribution in [0.2, 0.25) is 0 Å². The van der Waals surface area contributed by atoms with Crippen molar-refractivity contribution in [1.29, 1.82) is 5.26 Å². The van der Waals surface area contributed by atoms with Crippen LogP contribution >= 0.6 is 0 Å². The molecule has 8 rings (SSSR count). The smallest absolute Gasteiger partial charge is 0.272 e. The summed E-state index contributed by atoms with van der Waals surface area (Å²) in [5.41, 5.74) is 10.3. The average Bonchev–Trinajstić information content (AvgIpc) is 3.85. The number of nitrogen functional groups attached to an aromatic ring is 1. The van der Waals surface area contributed by atoms with E-state index in [0.29, 0.717) is 47.7 Å². The highest BCUT2D eigenvalue weighted by molar-refractivity contribution is 5.92. The van der Waals surface area contributed by atoms with Crippen molar-refractivity contribution in [3.63, 3.8) is 0 Å². The van der Waals surface area contributed by atoms with E-state index in [-0.39, 0.29) is 23.7 Å². The number of nitrogens with one attached hydrogen (secondary N) is 1. The van der Waals surface area contributed by atoms with Gasteiger partial charge in [-0.05, 0) is 102 Å². The van der Waals surface area contributed by atoms with Crippen molar-refractivity contribution in [2.45, 2.75) is 88.3 Å². The third-order valence-electron chi connectivity index (χ3n) is 10.9. The second-order valence-corrected chi connectivity index (χ2v) is 14.4. The molecule has 2 fully saturated rings. The van der Waals surface area contributed by atoms with Crippen LogP contribution in [0, 0.1) is 11.3 Å². The number of fused-ring (bicyclic) bond motifs is 4. The van der Waals surface area contributed by atoms with E-state index >= 15 is 0 Å². The summed E-state index contributed by atoms with van der Waals surface area (Å²) >= 11 is 0. The zero-order valence-electron chi connectivity index (χ0n) is 28.2. The first-order valence-corrected chi connectivity index (χ1v) is 17.2. The van der Waals surface area contributed by atoms with Gasteiger partial charge in [0, 0.05) is 29.6 Å². The standard InChI is InChI=1S/C36H41N9O4/c1-21(27-9-6-15-44(27)3)48-29-17-28(45-16-12-26(42-45)34(46)41-35(2)19-47-20-35)39-33(40-29)31-23-8-5-14-36(32(23)49-43-31)13-4-7-22-10-11-25(38)24(18-37)30(22)36/h10-12,16-17,21,27H,4-9,13-15,19-20,38H2,1-3H3,(H,41,46). The van der Waals surface area contributed by atoms with Crippen LogP contribution in [0.25, 0.3) is 17.3 Å². The van der Waals surface area contributed by atoms with Crippen LogP contribution in [0.15, 0.2) is 35.0 Å². The Balaban J connectivity index is 1.20. The van der Waals surface area contributed by atoms with Crippen molar-refractivity contribution in [3.8, 4) is 29.3 Å². The molecule has 0 bridgehead atoms. The molecular formula is C36H41N9O4. The summed E-state index contributed by atoms with van der Waals surface area (Å²) in [6, 6.07) is 9.95. The Hall–Kier alpha value is -4.80. The summed E-state index contributed by atoms with van der Waals surface area (Å²) in [7, 11) is 2.12. The lowest BCUT2D eigenvalue weighted by molar-refractivity contribution is -0.0594. The average molecular weight is 664 g/mol. The second-order valence-electron chi connectivity index (χ2n) is 14.4. The zero-order valence-corrected chi connectivity index (χ0v) is 28.2. The van der Waals surface area contributed by atoms with Crippen LogP contribution in [0.5, 0.6) is 5.88 Å². The van der Waals surface area contributed by atoms with Gasteiger partial charge in [0.15, 0.2) is 28.8 Å². The highest BCUT2D eigenvalue weighted by Gasteiger charge is 2.48. The lowest BCUT2D eigenvalue weighted by Crippen LogP contribution is -2.59. The lowest BCUT2D eigenvalue weighted by Gasteiger charge is -2.41. The van der Waals surface area contributed by atoms with E-state index in [0.717, 1.165) is 80.4 Å². The summed E-state index contributed by atoms with van der Waals surface area (Å²) in [4.78, 5) is 25.2. The Labute approximate surface area is 284 Å². The van der Waals surface area contributed by atoms with Gasteiger partial charge in [-0.15, -0.1) is 0 Å². The van der Waals surface area contributed by atoms with Crippen molar-refractivity contribution in [3.05, 3.63) is 64.2 Å². The number of likely N-dealkylation sites (tertiary alicyclic amines) is 1. The molecule has 3 N–H and O–H groups in total. The number of nitrogens with zero attached hydrogens (tertiary/aromatic N) is 7. The van der Waals surface area contributed by atoms with Crippen LogP contribution in [0.4, 0.5) is 5.69 Å². The molecule has 13 heteroatoms. The van der Waals surface area contributed by atoms with Crippen molar-refractivity contribution in [2.24, 2.45) is 0 Å². The first kappa shape index (κ1) is 31.5. The number of hydrogen-bond donors (Lipinski definition) is 2. The summed E-state index contributed by atoms with van der Waals surface area (Å²) in [5.74, 6) is 1.66. The maximum absolute atomic E-state index is 13.0. The Morgan fingerprint density at radius 3 is 2.73 bits per heavy atom. The number of carbonyl (C=O) groups is 1. The predicted molar refractivity (Wildman–Crippen MR) is 179 cm³/mol. The number of benzene rings is 1. The minimum absolute atomic E-state index is 0.129. The molecule has 0 radical (unpaired) electrons. The molecule has 2 aliphatic heterocycles. The van der Waals surface area contributed by atoms with Gasteiger partial charge in [-0.1, -0.05) is 11.2 Å². The number of amides is 1. The van der Waals surface area contributed by atoms with Gasteiger partial charge < -0.3 is 25.0 Å². The number of rotatable bonds is 7. The van der Waals surface area contributed by atoms with Crippen LogP contribution in [0.1, 0.15) is 90.9 Å². The summed E-state index contributed by atoms with van der Waals surface area (Å²) in [6.07, 6.45) is 8.89. The topological polar surface area (TPSA) is 170 Å². The van der Waals surface area contributed by atoms with Gasteiger partial charge in [0.2, 0.25) is 5.88 Å². The number of aryl methyl sites for hydroxylation is 1. The number of hydrogen-bond acceptors (Lipinski definition) is 11. The Bertz CT molecular complexity index is 1970. The molecule has 254 valence electrons. The van der Waals surface area contributed by atoms with Crippen LogP contribution in [-0.2, 0) is 23.0 Å². The fourth-order valence-corrected chi connectivity index (χ4v) is 8.38. The third kappa shape index (κ3) is 5.34. The molecule has 13 nitrogen and oxygen atoms in total. The SMILES string of the molecule is CC(Oc1cc(-n2ccc(C(=O)NC3(C)COC3)n2)nc(-c2noc3c2CCCC32CCCc3ccc(N)c(C#N)c32)n1)C1CCCN1C. The normalized spacial score (nSPS) is 23.3. The number of nitrogens with two attached hydrogens (primary N) is 1. The van der Waals surface area contributed by atoms with Gasteiger partial charge in [-0.3, -0.25) is 9.69 Å². The van der Waals surface area contributed by atoms with E-state index < -0.39 is 11.0 Å². The zero-order chi connectivity index (χ0) is 33.9. The number of nitriles is 1.